The van der Waals surface area contributed by atoms with Gasteiger partial charge in [-0.25, -0.2) is 9.97 Å². The molecular formula is C23H27N9O4. The van der Waals surface area contributed by atoms with Crippen molar-refractivity contribution in [2.45, 2.75) is 46.2 Å². The summed E-state index contributed by atoms with van der Waals surface area (Å²) in [6, 6.07) is 3.45. The Morgan fingerprint density at radius 2 is 1.97 bits per heavy atom. The van der Waals surface area contributed by atoms with Crippen LogP contribution >= 0.6 is 0 Å². The minimum Gasteiger partial charge on any atom is -0.494 e. The van der Waals surface area contributed by atoms with E-state index in [1.165, 1.54) is 28.9 Å². The topological polar surface area (TPSA) is 171 Å². The molecule has 36 heavy (non-hydrogen) atoms. The molecule has 4 rings (SSSR count). The molecule has 0 saturated heterocycles. The number of aromatic nitrogens is 5. The highest BCUT2D eigenvalue weighted by Gasteiger charge is 2.30. The number of carbonyl (C=O) groups excluding carboxylic acids is 2. The fourth-order valence-electron chi connectivity index (χ4n) is 3.54. The van der Waals surface area contributed by atoms with Crippen molar-refractivity contribution in [1.29, 1.82) is 5.26 Å². The second-order valence-electron chi connectivity index (χ2n) is 9.93. The monoisotopic (exact) mass is 493 g/mol. The van der Waals surface area contributed by atoms with Crippen LogP contribution in [-0.4, -0.2) is 65.6 Å². The summed E-state index contributed by atoms with van der Waals surface area (Å²) >= 11 is 0. The molecule has 0 bridgehead atoms. The molecule has 0 radical (unpaired) electrons. The lowest BCUT2D eigenvalue weighted by Crippen LogP contribution is -2.35. The second-order valence-corrected chi connectivity index (χ2v) is 9.93. The molecular weight excluding hydrogens is 466 g/mol. The van der Waals surface area contributed by atoms with Crippen molar-refractivity contribution >= 4 is 29.1 Å². The molecule has 1 aliphatic carbocycles. The third-order valence-corrected chi connectivity index (χ3v) is 5.41. The van der Waals surface area contributed by atoms with Gasteiger partial charge >= 0.3 is 0 Å². The quantitative estimate of drug-likeness (QED) is 0.410. The van der Waals surface area contributed by atoms with Gasteiger partial charge in [-0.05, 0) is 18.3 Å². The SMILES string of the molecule is CN(CC#N)C(=O)c1cnc(Nc2cc3n(CC(C)(C)C)c(O)c(C(=O)NC4CC4)c(=O)n3n2)cn1. The molecule has 13 heteroatoms. The molecule has 3 heterocycles. The van der Waals surface area contributed by atoms with E-state index >= 15 is 0 Å². The van der Waals surface area contributed by atoms with Gasteiger partial charge in [-0.3, -0.25) is 19.0 Å². The Kier molecular flexibility index (Phi) is 6.36. The number of aromatic hydroxyl groups is 1. The summed E-state index contributed by atoms with van der Waals surface area (Å²) in [7, 11) is 1.48. The molecule has 0 spiro atoms. The van der Waals surface area contributed by atoms with Gasteiger partial charge in [0.05, 0.1) is 18.5 Å². The molecule has 1 fully saturated rings. The maximum absolute atomic E-state index is 13.2. The first kappa shape index (κ1) is 24.6. The molecule has 3 aromatic heterocycles. The summed E-state index contributed by atoms with van der Waals surface area (Å²) in [6.07, 6.45) is 4.26. The predicted octanol–water partition coefficient (Wildman–Crippen LogP) is 1.27. The Balaban J connectivity index is 1.69. The largest absolute Gasteiger partial charge is 0.494 e. The highest BCUT2D eigenvalue weighted by Crippen LogP contribution is 2.27. The first-order valence-electron chi connectivity index (χ1n) is 11.4. The number of anilines is 2. The van der Waals surface area contributed by atoms with E-state index in [2.05, 4.69) is 25.7 Å². The number of nitriles is 1. The van der Waals surface area contributed by atoms with Gasteiger partial charge in [-0.1, -0.05) is 20.8 Å². The van der Waals surface area contributed by atoms with Crippen LogP contribution in [0.3, 0.4) is 0 Å². The Morgan fingerprint density at radius 1 is 1.25 bits per heavy atom. The van der Waals surface area contributed by atoms with E-state index in [9.17, 15) is 19.5 Å². The molecule has 3 aromatic rings. The Bertz CT molecular complexity index is 1420. The standard InChI is InChI=1S/C23H27N9O4/c1-23(2,3)12-31-17-9-15(28-16-11-25-14(10-26-16)20(34)30(4)8-7-24)29-32(17)22(36)18(21(31)35)19(33)27-13-5-6-13/h9-11,13,35H,5-6,8,12H2,1-4H3,(H,27,33)(H,26,28,29). The maximum atomic E-state index is 13.2. The molecule has 1 aliphatic rings. The molecule has 0 atom stereocenters. The van der Waals surface area contributed by atoms with Crippen LogP contribution in [0.15, 0.2) is 23.3 Å². The summed E-state index contributed by atoms with van der Waals surface area (Å²) < 4.78 is 2.55. The number of fused-ring (bicyclic) bond motifs is 1. The number of nitrogens with one attached hydrogen (secondary N) is 2. The number of amides is 2. The zero-order valence-corrected chi connectivity index (χ0v) is 20.4. The third kappa shape index (κ3) is 5.12. The van der Waals surface area contributed by atoms with Gasteiger partial charge in [-0.15, -0.1) is 5.10 Å². The Hall–Kier alpha value is -4.47. The molecule has 1 saturated carbocycles. The van der Waals surface area contributed by atoms with Crippen LogP contribution in [0.4, 0.5) is 11.6 Å². The minimum atomic E-state index is -0.744. The number of nitrogens with zero attached hydrogens (tertiary/aromatic N) is 7. The number of hydrogen-bond acceptors (Lipinski definition) is 9. The zero-order chi connectivity index (χ0) is 26.2. The third-order valence-electron chi connectivity index (χ3n) is 5.41. The van der Waals surface area contributed by atoms with E-state index < -0.39 is 23.3 Å². The lowest BCUT2D eigenvalue weighted by Gasteiger charge is -2.23. The van der Waals surface area contributed by atoms with Gasteiger partial charge < -0.3 is 20.6 Å². The maximum Gasteiger partial charge on any atom is 0.291 e. The zero-order valence-electron chi connectivity index (χ0n) is 20.4. The van der Waals surface area contributed by atoms with Crippen molar-refractivity contribution in [1.82, 2.24) is 34.4 Å². The molecule has 188 valence electrons. The van der Waals surface area contributed by atoms with E-state index in [1.807, 2.05) is 26.8 Å². The summed E-state index contributed by atoms with van der Waals surface area (Å²) in [6.45, 7) is 6.12. The molecule has 0 unspecified atom stereocenters. The first-order valence-corrected chi connectivity index (χ1v) is 11.4. The summed E-state index contributed by atoms with van der Waals surface area (Å²) in [5.74, 6) is -1.03. The van der Waals surface area contributed by atoms with Crippen LogP contribution in [0.1, 0.15) is 54.5 Å². The average molecular weight is 494 g/mol. The Morgan fingerprint density at radius 3 is 2.56 bits per heavy atom. The number of hydrogen-bond donors (Lipinski definition) is 3. The smallest absolute Gasteiger partial charge is 0.291 e. The van der Waals surface area contributed by atoms with Crippen molar-refractivity contribution in [3.63, 3.8) is 0 Å². The summed E-state index contributed by atoms with van der Waals surface area (Å²) in [5, 5.41) is 29.7. The van der Waals surface area contributed by atoms with E-state index in [4.69, 9.17) is 5.26 Å². The van der Waals surface area contributed by atoms with Crippen molar-refractivity contribution in [2.75, 3.05) is 18.9 Å². The lowest BCUT2D eigenvalue weighted by molar-refractivity contribution is 0.0805. The van der Waals surface area contributed by atoms with Crippen molar-refractivity contribution in [2.24, 2.45) is 5.41 Å². The van der Waals surface area contributed by atoms with Crippen LogP contribution in [0, 0.1) is 16.7 Å². The molecule has 3 N–H and O–H groups in total. The van der Waals surface area contributed by atoms with Gasteiger partial charge in [0.25, 0.3) is 17.4 Å². The van der Waals surface area contributed by atoms with Gasteiger partial charge in [0.2, 0.25) is 5.88 Å². The Labute approximate surface area is 206 Å². The van der Waals surface area contributed by atoms with Crippen LogP contribution < -0.4 is 16.2 Å². The molecule has 13 nitrogen and oxygen atoms in total. The van der Waals surface area contributed by atoms with E-state index in [0.29, 0.717) is 6.54 Å². The predicted molar refractivity (Wildman–Crippen MR) is 129 cm³/mol. The van der Waals surface area contributed by atoms with E-state index in [0.717, 1.165) is 17.4 Å². The van der Waals surface area contributed by atoms with Gasteiger partial charge in [0.1, 0.15) is 23.7 Å². The highest BCUT2D eigenvalue weighted by molar-refractivity contribution is 5.96. The number of carbonyl (C=O) groups is 2. The number of rotatable bonds is 7. The van der Waals surface area contributed by atoms with Crippen molar-refractivity contribution in [3.8, 4) is 11.9 Å². The molecule has 2 amide bonds. The van der Waals surface area contributed by atoms with E-state index in [-0.39, 0.29) is 46.5 Å². The fourth-order valence-corrected chi connectivity index (χ4v) is 3.54. The summed E-state index contributed by atoms with van der Waals surface area (Å²) in [5.41, 5.74) is -1.05. The summed E-state index contributed by atoms with van der Waals surface area (Å²) in [4.78, 5) is 47.6. The van der Waals surface area contributed by atoms with Gasteiger partial charge in [0.15, 0.2) is 11.4 Å². The second kappa shape index (κ2) is 9.29. The average Bonchev–Trinajstić information content (AvgIpc) is 3.52. The first-order chi connectivity index (χ1) is 17.0. The van der Waals surface area contributed by atoms with Crippen molar-refractivity contribution < 1.29 is 14.7 Å². The highest BCUT2D eigenvalue weighted by atomic mass is 16.3. The van der Waals surface area contributed by atoms with Crippen LogP contribution in [0.25, 0.3) is 5.65 Å². The van der Waals surface area contributed by atoms with Crippen LogP contribution in [0.5, 0.6) is 5.88 Å². The van der Waals surface area contributed by atoms with Crippen LogP contribution in [0.2, 0.25) is 0 Å². The van der Waals surface area contributed by atoms with Gasteiger partial charge in [-0.2, -0.15) is 9.78 Å². The van der Waals surface area contributed by atoms with Crippen LogP contribution in [-0.2, 0) is 6.54 Å². The fraction of sp³-hybridized carbons (Fsp3) is 0.435. The normalized spacial score (nSPS) is 13.3. The lowest BCUT2D eigenvalue weighted by atomic mass is 9.96. The minimum absolute atomic E-state index is 0.00558. The molecule has 0 aliphatic heterocycles. The molecule has 0 aromatic carbocycles. The van der Waals surface area contributed by atoms with E-state index in [1.54, 1.807) is 6.07 Å². The van der Waals surface area contributed by atoms with Gasteiger partial charge in [0, 0.05) is 25.7 Å². The van der Waals surface area contributed by atoms with Crippen molar-refractivity contribution in [3.05, 3.63) is 40.1 Å².